The Labute approximate surface area is 121 Å². The smallest absolute Gasteiger partial charge is 0.262 e. The van der Waals surface area contributed by atoms with E-state index in [1.807, 2.05) is 0 Å². The van der Waals surface area contributed by atoms with E-state index in [0.29, 0.717) is 8.95 Å². The first kappa shape index (κ1) is 13.4. The Bertz CT molecular complexity index is 662. The molecule has 1 N–H and O–H groups in total. The van der Waals surface area contributed by atoms with Gasteiger partial charge in [-0.25, -0.2) is 8.42 Å². The van der Waals surface area contributed by atoms with Crippen LogP contribution in [0, 0.1) is 0 Å². The maximum atomic E-state index is 12.1. The van der Waals surface area contributed by atoms with Crippen LogP contribution in [0.2, 0.25) is 0 Å². The monoisotopic (exact) mass is 391 g/mol. The van der Waals surface area contributed by atoms with Gasteiger partial charge in [-0.1, -0.05) is 15.9 Å². The van der Waals surface area contributed by atoms with Gasteiger partial charge in [0, 0.05) is 15.1 Å². The van der Waals surface area contributed by atoms with Crippen LogP contribution in [-0.4, -0.2) is 18.6 Å². The van der Waals surface area contributed by atoms with Crippen molar-refractivity contribution in [1.29, 1.82) is 0 Å². The molecule has 1 heterocycles. The van der Waals surface area contributed by atoms with E-state index in [9.17, 15) is 8.42 Å². The lowest BCUT2D eigenvalue weighted by Crippen LogP contribution is -2.14. The molecule has 0 aliphatic heterocycles. The first-order valence-electron chi connectivity index (χ1n) is 4.74. The van der Waals surface area contributed by atoms with Crippen molar-refractivity contribution in [2.75, 3.05) is 4.72 Å². The van der Waals surface area contributed by atoms with Crippen LogP contribution >= 0.6 is 31.9 Å². The minimum absolute atomic E-state index is 0.127. The number of rotatable bonds is 3. The fraction of sp³-hybridized carbons (Fsp3) is 0. The number of aromatic nitrogens is 2. The SMILES string of the molecule is O=S(=O)(Nc1cccnn1)c1cc(Br)ccc1Br. The van der Waals surface area contributed by atoms with Crippen LogP contribution in [0.3, 0.4) is 0 Å². The predicted octanol–water partition coefficient (Wildman–Crippen LogP) is 2.80. The Morgan fingerprint density at radius 2 is 1.94 bits per heavy atom. The van der Waals surface area contributed by atoms with E-state index in [0.717, 1.165) is 0 Å². The summed E-state index contributed by atoms with van der Waals surface area (Å²) in [6, 6.07) is 8.01. The number of benzene rings is 1. The summed E-state index contributed by atoms with van der Waals surface area (Å²) in [6.45, 7) is 0. The highest BCUT2D eigenvalue weighted by molar-refractivity contribution is 9.11. The van der Waals surface area contributed by atoms with Gasteiger partial charge in [0.2, 0.25) is 0 Å². The molecule has 1 aromatic heterocycles. The van der Waals surface area contributed by atoms with Gasteiger partial charge in [0.25, 0.3) is 10.0 Å². The van der Waals surface area contributed by atoms with Crippen LogP contribution < -0.4 is 4.72 Å². The van der Waals surface area contributed by atoms with Crippen LogP contribution in [0.15, 0.2) is 50.4 Å². The number of halogens is 2. The third-order valence-corrected chi connectivity index (χ3v) is 4.84. The summed E-state index contributed by atoms with van der Waals surface area (Å²) in [6.07, 6.45) is 1.47. The normalized spacial score (nSPS) is 11.2. The topological polar surface area (TPSA) is 72.0 Å². The standard InChI is InChI=1S/C10H7Br2N3O2S/c11-7-3-4-8(12)9(6-7)18(16,17)15-10-2-1-5-13-14-10/h1-6H,(H,14,15). The van der Waals surface area contributed by atoms with Crippen molar-refractivity contribution >= 4 is 47.7 Å². The molecule has 2 aromatic rings. The Morgan fingerprint density at radius 1 is 1.17 bits per heavy atom. The maximum Gasteiger partial charge on any atom is 0.264 e. The Balaban J connectivity index is 2.40. The highest BCUT2D eigenvalue weighted by Gasteiger charge is 2.18. The number of sulfonamides is 1. The second-order valence-electron chi connectivity index (χ2n) is 3.29. The largest absolute Gasteiger partial charge is 0.264 e. The van der Waals surface area contributed by atoms with Crippen molar-refractivity contribution in [2.45, 2.75) is 4.90 Å². The third-order valence-electron chi connectivity index (χ3n) is 1.99. The van der Waals surface area contributed by atoms with Gasteiger partial charge in [-0.3, -0.25) is 4.72 Å². The Hall–Kier alpha value is -0.990. The highest BCUT2D eigenvalue weighted by atomic mass is 79.9. The predicted molar refractivity (Wildman–Crippen MR) is 74.7 cm³/mol. The molecule has 0 saturated carbocycles. The molecule has 0 bridgehead atoms. The summed E-state index contributed by atoms with van der Waals surface area (Å²) in [4.78, 5) is 0.127. The third kappa shape index (κ3) is 3.06. The summed E-state index contributed by atoms with van der Waals surface area (Å²) in [7, 11) is -3.70. The average molecular weight is 393 g/mol. The molecule has 0 aliphatic rings. The molecule has 0 saturated heterocycles. The van der Waals surface area contributed by atoms with Gasteiger partial charge in [0.1, 0.15) is 4.90 Å². The summed E-state index contributed by atoms with van der Waals surface area (Å²) in [5, 5.41) is 7.28. The fourth-order valence-corrected chi connectivity index (χ4v) is 3.73. The summed E-state index contributed by atoms with van der Waals surface area (Å²) in [5.41, 5.74) is 0. The molecule has 0 radical (unpaired) electrons. The molecule has 2 rings (SSSR count). The first-order chi connectivity index (χ1) is 8.49. The second-order valence-corrected chi connectivity index (χ2v) is 6.71. The van der Waals surface area contributed by atoms with Crippen molar-refractivity contribution in [3.05, 3.63) is 45.5 Å². The highest BCUT2D eigenvalue weighted by Crippen LogP contribution is 2.26. The van der Waals surface area contributed by atoms with Gasteiger partial charge < -0.3 is 0 Å². The molecule has 0 unspecified atom stereocenters. The van der Waals surface area contributed by atoms with E-state index in [-0.39, 0.29) is 10.7 Å². The zero-order valence-electron chi connectivity index (χ0n) is 8.84. The number of nitrogens with one attached hydrogen (secondary N) is 1. The second kappa shape index (κ2) is 5.33. The minimum atomic E-state index is -3.70. The molecule has 0 aliphatic carbocycles. The van der Waals surface area contributed by atoms with Crippen LogP contribution in [0.1, 0.15) is 0 Å². The van der Waals surface area contributed by atoms with Crippen LogP contribution in [0.4, 0.5) is 5.82 Å². The Kier molecular flexibility index (Phi) is 3.98. The molecular weight excluding hydrogens is 386 g/mol. The van der Waals surface area contributed by atoms with Crippen molar-refractivity contribution in [3.63, 3.8) is 0 Å². The number of hydrogen-bond acceptors (Lipinski definition) is 4. The van der Waals surface area contributed by atoms with Gasteiger partial charge in [-0.05, 0) is 46.3 Å². The molecule has 94 valence electrons. The lowest BCUT2D eigenvalue weighted by Gasteiger charge is -2.08. The number of anilines is 1. The van der Waals surface area contributed by atoms with Gasteiger partial charge in [-0.2, -0.15) is 5.10 Å². The van der Waals surface area contributed by atoms with Crippen molar-refractivity contribution in [3.8, 4) is 0 Å². The van der Waals surface area contributed by atoms with Crippen molar-refractivity contribution in [1.82, 2.24) is 10.2 Å². The van der Waals surface area contributed by atoms with Crippen LogP contribution in [-0.2, 0) is 10.0 Å². The summed E-state index contributed by atoms with van der Waals surface area (Å²) >= 11 is 6.44. The fourth-order valence-electron chi connectivity index (χ4n) is 1.23. The molecule has 8 heteroatoms. The molecule has 0 atom stereocenters. The maximum absolute atomic E-state index is 12.1. The molecule has 1 aromatic carbocycles. The van der Waals surface area contributed by atoms with Gasteiger partial charge >= 0.3 is 0 Å². The van der Waals surface area contributed by atoms with Crippen LogP contribution in [0.25, 0.3) is 0 Å². The summed E-state index contributed by atoms with van der Waals surface area (Å²) in [5.74, 6) is 0.171. The Morgan fingerprint density at radius 3 is 2.61 bits per heavy atom. The van der Waals surface area contributed by atoms with E-state index < -0.39 is 10.0 Å². The lowest BCUT2D eigenvalue weighted by atomic mass is 10.4. The van der Waals surface area contributed by atoms with Gasteiger partial charge in [0.05, 0.1) is 0 Å². The van der Waals surface area contributed by atoms with Crippen LogP contribution in [0.5, 0.6) is 0 Å². The molecule has 0 fully saturated rings. The van der Waals surface area contributed by atoms with Crippen molar-refractivity contribution in [2.24, 2.45) is 0 Å². The lowest BCUT2D eigenvalue weighted by molar-refractivity contribution is 0.600. The molecule has 18 heavy (non-hydrogen) atoms. The van der Waals surface area contributed by atoms with E-state index in [2.05, 4.69) is 46.8 Å². The number of hydrogen-bond donors (Lipinski definition) is 1. The summed E-state index contributed by atoms with van der Waals surface area (Å²) < 4.78 is 27.8. The van der Waals surface area contributed by atoms with Gasteiger partial charge in [-0.15, -0.1) is 5.10 Å². The average Bonchev–Trinajstić information content (AvgIpc) is 2.33. The van der Waals surface area contributed by atoms with E-state index in [1.54, 1.807) is 18.2 Å². The number of nitrogens with zero attached hydrogens (tertiary/aromatic N) is 2. The molecule has 5 nitrogen and oxygen atoms in total. The molecule has 0 spiro atoms. The quantitative estimate of drug-likeness (QED) is 0.871. The van der Waals surface area contributed by atoms with E-state index in [1.165, 1.54) is 18.3 Å². The molecule has 0 amide bonds. The zero-order valence-corrected chi connectivity index (χ0v) is 12.8. The van der Waals surface area contributed by atoms with Gasteiger partial charge in [0.15, 0.2) is 5.82 Å². The minimum Gasteiger partial charge on any atom is -0.262 e. The van der Waals surface area contributed by atoms with E-state index >= 15 is 0 Å². The van der Waals surface area contributed by atoms with E-state index in [4.69, 9.17) is 0 Å². The zero-order chi connectivity index (χ0) is 13.2. The van der Waals surface area contributed by atoms with Crippen molar-refractivity contribution < 1.29 is 8.42 Å². The molecular formula is C10H7Br2N3O2S. The first-order valence-corrected chi connectivity index (χ1v) is 7.81.